The van der Waals surface area contributed by atoms with Crippen molar-refractivity contribution in [3.8, 4) is 0 Å². The summed E-state index contributed by atoms with van der Waals surface area (Å²) in [5, 5.41) is 9.05. The molecule has 1 unspecified atom stereocenters. The molecule has 1 amide bonds. The van der Waals surface area contributed by atoms with Crippen LogP contribution in [0.4, 0.5) is 11.5 Å². The van der Waals surface area contributed by atoms with Crippen LogP contribution in [0.25, 0.3) is 0 Å². The predicted octanol–water partition coefficient (Wildman–Crippen LogP) is 0.206. The van der Waals surface area contributed by atoms with Crippen molar-refractivity contribution in [1.82, 2.24) is 4.98 Å². The van der Waals surface area contributed by atoms with Crippen molar-refractivity contribution in [2.45, 2.75) is 25.3 Å². The molecule has 1 aliphatic heterocycles. The Hall–Kier alpha value is -2.31. The van der Waals surface area contributed by atoms with Crippen molar-refractivity contribution < 1.29 is 14.7 Å². The fourth-order valence-corrected chi connectivity index (χ4v) is 2.36. The Balaban J connectivity index is 2.42. The Labute approximate surface area is 110 Å². The zero-order valence-electron chi connectivity index (χ0n) is 10.4. The van der Waals surface area contributed by atoms with Crippen molar-refractivity contribution in [2.75, 3.05) is 17.2 Å². The lowest BCUT2D eigenvalue weighted by Gasteiger charge is -2.35. The Morgan fingerprint density at radius 3 is 2.79 bits per heavy atom. The molecule has 0 radical (unpaired) electrons. The highest BCUT2D eigenvalue weighted by atomic mass is 16.4. The summed E-state index contributed by atoms with van der Waals surface area (Å²) in [4.78, 5) is 28.3. The van der Waals surface area contributed by atoms with Gasteiger partial charge in [-0.2, -0.15) is 0 Å². The molecule has 0 spiro atoms. The summed E-state index contributed by atoms with van der Waals surface area (Å²) < 4.78 is 0. The molecule has 1 atom stereocenters. The fourth-order valence-electron chi connectivity index (χ4n) is 2.36. The van der Waals surface area contributed by atoms with Gasteiger partial charge < -0.3 is 21.5 Å². The monoisotopic (exact) mass is 264 g/mol. The van der Waals surface area contributed by atoms with Gasteiger partial charge >= 0.3 is 5.97 Å². The number of carbonyl (C=O) groups is 2. The number of carbonyl (C=O) groups excluding carboxylic acids is 1. The Morgan fingerprint density at radius 2 is 2.16 bits per heavy atom. The smallest absolute Gasteiger partial charge is 0.337 e. The molecule has 1 saturated heterocycles. The Kier molecular flexibility index (Phi) is 3.55. The van der Waals surface area contributed by atoms with Gasteiger partial charge in [0.05, 0.1) is 11.3 Å². The fraction of sp³-hybridized carbons (Fsp3) is 0.417. The number of hydrogen-bond acceptors (Lipinski definition) is 5. The molecule has 1 aromatic rings. The Bertz CT molecular complexity index is 518. The van der Waals surface area contributed by atoms with E-state index in [-0.39, 0.29) is 11.3 Å². The van der Waals surface area contributed by atoms with E-state index in [2.05, 4.69) is 4.98 Å². The summed E-state index contributed by atoms with van der Waals surface area (Å²) in [7, 11) is 0. The zero-order valence-corrected chi connectivity index (χ0v) is 10.4. The van der Waals surface area contributed by atoms with Crippen LogP contribution < -0.4 is 16.4 Å². The average molecular weight is 264 g/mol. The van der Waals surface area contributed by atoms with Gasteiger partial charge in [0.1, 0.15) is 6.04 Å². The minimum Gasteiger partial charge on any atom is -0.478 e. The average Bonchev–Trinajstić information content (AvgIpc) is 2.38. The number of nitrogens with zero attached hydrogens (tertiary/aromatic N) is 2. The van der Waals surface area contributed by atoms with Crippen LogP contribution in [0.1, 0.15) is 29.6 Å². The lowest BCUT2D eigenvalue weighted by molar-refractivity contribution is -0.119. The second-order valence-corrected chi connectivity index (χ2v) is 4.51. The minimum absolute atomic E-state index is 0.0150. The highest BCUT2D eigenvalue weighted by Crippen LogP contribution is 2.29. The largest absolute Gasteiger partial charge is 0.478 e. The van der Waals surface area contributed by atoms with Crippen molar-refractivity contribution in [3.05, 3.63) is 17.8 Å². The van der Waals surface area contributed by atoms with Gasteiger partial charge in [0.15, 0.2) is 5.82 Å². The molecule has 7 heteroatoms. The number of nitrogen functional groups attached to an aromatic ring is 1. The third-order valence-corrected chi connectivity index (χ3v) is 3.30. The molecule has 2 heterocycles. The maximum atomic E-state index is 11.5. The number of amides is 1. The molecule has 19 heavy (non-hydrogen) atoms. The number of hydrogen-bond donors (Lipinski definition) is 3. The first-order valence-electron chi connectivity index (χ1n) is 6.06. The minimum atomic E-state index is -1.12. The maximum absolute atomic E-state index is 11.5. The second kappa shape index (κ2) is 5.13. The lowest BCUT2D eigenvalue weighted by atomic mass is 10.0. The van der Waals surface area contributed by atoms with E-state index in [9.17, 15) is 9.59 Å². The number of aromatic carboxylic acids is 1. The zero-order chi connectivity index (χ0) is 14.0. The van der Waals surface area contributed by atoms with Gasteiger partial charge in [-0.25, -0.2) is 9.78 Å². The number of anilines is 2. The van der Waals surface area contributed by atoms with Crippen LogP contribution >= 0.6 is 0 Å². The molecule has 1 fully saturated rings. The van der Waals surface area contributed by atoms with Crippen molar-refractivity contribution >= 4 is 23.4 Å². The van der Waals surface area contributed by atoms with E-state index in [4.69, 9.17) is 16.6 Å². The molecule has 1 aromatic heterocycles. The van der Waals surface area contributed by atoms with Gasteiger partial charge in [-0.05, 0) is 25.3 Å². The highest BCUT2D eigenvalue weighted by Gasteiger charge is 2.30. The summed E-state index contributed by atoms with van der Waals surface area (Å²) >= 11 is 0. The molecular weight excluding hydrogens is 248 g/mol. The van der Waals surface area contributed by atoms with Gasteiger partial charge in [0, 0.05) is 12.7 Å². The van der Waals surface area contributed by atoms with Gasteiger partial charge in [-0.1, -0.05) is 0 Å². The summed E-state index contributed by atoms with van der Waals surface area (Å²) in [5.41, 5.74) is 11.3. The lowest BCUT2D eigenvalue weighted by Crippen LogP contribution is -2.48. The van der Waals surface area contributed by atoms with Gasteiger partial charge in [0.25, 0.3) is 0 Å². The maximum Gasteiger partial charge on any atom is 0.337 e. The van der Waals surface area contributed by atoms with Gasteiger partial charge in [-0.3, -0.25) is 4.79 Å². The van der Waals surface area contributed by atoms with E-state index in [1.54, 1.807) is 4.90 Å². The standard InChI is InChI=1S/C12H16N4O3/c13-9-7(12(18)19)4-5-15-11(9)16-6-2-1-3-8(16)10(14)17/h4-5,8H,1-3,6,13H2,(H2,14,17)(H,18,19). The first-order chi connectivity index (χ1) is 9.02. The molecular formula is C12H16N4O3. The molecule has 2 rings (SSSR count). The van der Waals surface area contributed by atoms with Gasteiger partial charge in [0.2, 0.25) is 5.91 Å². The third-order valence-electron chi connectivity index (χ3n) is 3.30. The Morgan fingerprint density at radius 1 is 1.42 bits per heavy atom. The van der Waals surface area contributed by atoms with Crippen LogP contribution in [0.5, 0.6) is 0 Å². The molecule has 0 bridgehead atoms. The molecule has 102 valence electrons. The predicted molar refractivity (Wildman–Crippen MR) is 69.8 cm³/mol. The van der Waals surface area contributed by atoms with E-state index >= 15 is 0 Å². The third kappa shape index (κ3) is 2.44. The molecule has 7 nitrogen and oxygen atoms in total. The van der Waals surface area contributed by atoms with Crippen LogP contribution in [0, 0.1) is 0 Å². The SMILES string of the molecule is NC(=O)C1CCCCN1c1nccc(C(=O)O)c1N. The molecule has 0 aliphatic carbocycles. The molecule has 1 aliphatic rings. The van der Waals surface area contributed by atoms with E-state index in [0.29, 0.717) is 18.8 Å². The van der Waals surface area contributed by atoms with Crippen LogP contribution in [-0.4, -0.2) is 34.6 Å². The first kappa shape index (κ1) is 13.1. The highest BCUT2D eigenvalue weighted by molar-refractivity contribution is 5.97. The van der Waals surface area contributed by atoms with Crippen LogP contribution in [0.15, 0.2) is 12.3 Å². The van der Waals surface area contributed by atoms with E-state index in [1.165, 1.54) is 12.3 Å². The molecule has 5 N–H and O–H groups in total. The van der Waals surface area contributed by atoms with Crippen molar-refractivity contribution in [2.24, 2.45) is 5.73 Å². The van der Waals surface area contributed by atoms with Crippen molar-refractivity contribution in [1.29, 1.82) is 0 Å². The van der Waals surface area contributed by atoms with Crippen LogP contribution in [-0.2, 0) is 4.79 Å². The van der Waals surface area contributed by atoms with Crippen molar-refractivity contribution in [3.63, 3.8) is 0 Å². The normalized spacial score (nSPS) is 19.2. The number of aromatic nitrogens is 1. The number of nitrogens with two attached hydrogens (primary N) is 2. The number of piperidine rings is 1. The second-order valence-electron chi connectivity index (χ2n) is 4.51. The van der Waals surface area contributed by atoms with E-state index in [1.807, 2.05) is 0 Å². The number of pyridine rings is 1. The van der Waals surface area contributed by atoms with Crippen LogP contribution in [0.2, 0.25) is 0 Å². The first-order valence-corrected chi connectivity index (χ1v) is 6.06. The number of carboxylic acids is 1. The topological polar surface area (TPSA) is 123 Å². The summed E-state index contributed by atoms with van der Waals surface area (Å²) in [5.74, 6) is -1.24. The summed E-state index contributed by atoms with van der Waals surface area (Å²) in [6, 6.07) is 0.859. The van der Waals surface area contributed by atoms with Gasteiger partial charge in [-0.15, -0.1) is 0 Å². The number of carboxylic acid groups (broad SMARTS) is 1. The quantitative estimate of drug-likeness (QED) is 0.717. The van der Waals surface area contributed by atoms with Crippen LogP contribution in [0.3, 0.4) is 0 Å². The number of rotatable bonds is 3. The van der Waals surface area contributed by atoms with E-state index < -0.39 is 17.9 Å². The molecule has 0 saturated carbocycles. The van der Waals surface area contributed by atoms with E-state index in [0.717, 1.165) is 12.8 Å². The number of primary amides is 1. The summed E-state index contributed by atoms with van der Waals surface area (Å²) in [6.45, 7) is 0.591. The molecule has 0 aromatic carbocycles. The summed E-state index contributed by atoms with van der Waals surface area (Å²) in [6.07, 6.45) is 3.81.